The summed E-state index contributed by atoms with van der Waals surface area (Å²) in [6, 6.07) is 9.89. The van der Waals surface area contributed by atoms with Crippen molar-refractivity contribution in [2.24, 2.45) is 0 Å². The fraction of sp³-hybridized carbons (Fsp3) is 0.611. The summed E-state index contributed by atoms with van der Waals surface area (Å²) in [6.45, 7) is 10.6. The molecule has 5 heteroatoms. The monoisotopic (exact) mass is 318 g/mol. The lowest BCUT2D eigenvalue weighted by Gasteiger charge is -2.33. The van der Waals surface area contributed by atoms with Crippen molar-refractivity contribution < 1.29 is 4.79 Å². The van der Waals surface area contributed by atoms with Crippen LogP contribution in [-0.2, 0) is 6.54 Å². The molecule has 2 rings (SSSR count). The number of rotatable bonds is 8. The first-order valence-corrected chi connectivity index (χ1v) is 8.78. The molecular formula is C18H30N4O. The van der Waals surface area contributed by atoms with Crippen molar-refractivity contribution in [3.63, 3.8) is 0 Å². The van der Waals surface area contributed by atoms with Gasteiger partial charge in [0.2, 0.25) is 0 Å². The van der Waals surface area contributed by atoms with Gasteiger partial charge in [-0.25, -0.2) is 4.79 Å². The quantitative estimate of drug-likeness (QED) is 0.720. The molecule has 1 saturated heterocycles. The molecule has 1 aliphatic rings. The van der Waals surface area contributed by atoms with E-state index >= 15 is 0 Å². The zero-order valence-electron chi connectivity index (χ0n) is 14.3. The molecule has 0 bridgehead atoms. The van der Waals surface area contributed by atoms with Gasteiger partial charge in [0.25, 0.3) is 0 Å². The minimum Gasteiger partial charge on any atom is -0.338 e. The summed E-state index contributed by atoms with van der Waals surface area (Å²) in [6.07, 6.45) is 2.18. The highest BCUT2D eigenvalue weighted by molar-refractivity contribution is 5.73. The van der Waals surface area contributed by atoms with Crippen LogP contribution in [0.15, 0.2) is 30.3 Å². The van der Waals surface area contributed by atoms with Crippen molar-refractivity contribution in [3.8, 4) is 0 Å². The molecule has 0 unspecified atom stereocenters. The second-order valence-electron chi connectivity index (χ2n) is 6.08. The van der Waals surface area contributed by atoms with Crippen molar-refractivity contribution in [3.05, 3.63) is 35.9 Å². The number of nitrogens with one attached hydrogen (secondary N) is 2. The Morgan fingerprint density at radius 1 is 1.00 bits per heavy atom. The summed E-state index contributed by atoms with van der Waals surface area (Å²) in [5.41, 5.74) is 1.12. The van der Waals surface area contributed by atoms with Crippen LogP contribution in [-0.4, -0.2) is 61.6 Å². The van der Waals surface area contributed by atoms with Crippen LogP contribution in [0.1, 0.15) is 25.3 Å². The maximum Gasteiger partial charge on any atom is 0.315 e. The molecule has 1 fully saturated rings. The van der Waals surface area contributed by atoms with Crippen molar-refractivity contribution in [2.45, 2.75) is 26.3 Å². The molecule has 0 atom stereocenters. The van der Waals surface area contributed by atoms with Crippen LogP contribution < -0.4 is 10.6 Å². The normalized spacial score (nSPS) is 16.2. The van der Waals surface area contributed by atoms with Crippen LogP contribution in [0.4, 0.5) is 4.79 Å². The molecule has 1 heterocycles. The Bertz CT molecular complexity index is 444. The molecule has 5 nitrogen and oxygen atoms in total. The standard InChI is InChI=1S/C18H30N4O/c1-2-21-12-14-22(15-13-21)11-7-6-10-19-18(23)20-16-17-8-4-3-5-9-17/h3-5,8-9H,2,6-7,10-16H2,1H3,(H2,19,20,23). The van der Waals surface area contributed by atoms with E-state index in [1.54, 1.807) is 0 Å². The van der Waals surface area contributed by atoms with Gasteiger partial charge in [-0.05, 0) is 31.5 Å². The van der Waals surface area contributed by atoms with Crippen molar-refractivity contribution >= 4 is 6.03 Å². The first kappa shape index (κ1) is 17.8. The van der Waals surface area contributed by atoms with Crippen LogP contribution in [0.2, 0.25) is 0 Å². The van der Waals surface area contributed by atoms with Gasteiger partial charge in [0, 0.05) is 39.3 Å². The number of piperazine rings is 1. The summed E-state index contributed by atoms with van der Waals surface area (Å²) < 4.78 is 0. The molecular weight excluding hydrogens is 288 g/mol. The van der Waals surface area contributed by atoms with E-state index in [-0.39, 0.29) is 6.03 Å². The van der Waals surface area contributed by atoms with E-state index in [0.717, 1.165) is 38.0 Å². The lowest BCUT2D eigenvalue weighted by molar-refractivity contribution is 0.135. The largest absolute Gasteiger partial charge is 0.338 e. The first-order valence-electron chi connectivity index (χ1n) is 8.78. The molecule has 0 spiro atoms. The molecule has 1 aromatic rings. The minimum absolute atomic E-state index is 0.0783. The fourth-order valence-corrected chi connectivity index (χ4v) is 2.83. The predicted octanol–water partition coefficient (Wildman–Crippen LogP) is 1.90. The number of hydrogen-bond donors (Lipinski definition) is 2. The van der Waals surface area contributed by atoms with Gasteiger partial charge in [-0.15, -0.1) is 0 Å². The second kappa shape index (κ2) is 10.2. The Morgan fingerprint density at radius 3 is 2.39 bits per heavy atom. The summed E-state index contributed by atoms with van der Waals surface area (Å²) >= 11 is 0. The lowest BCUT2D eigenvalue weighted by Crippen LogP contribution is -2.46. The maximum atomic E-state index is 11.7. The van der Waals surface area contributed by atoms with Gasteiger partial charge in [0.15, 0.2) is 0 Å². The molecule has 0 saturated carbocycles. The second-order valence-corrected chi connectivity index (χ2v) is 6.08. The van der Waals surface area contributed by atoms with Crippen molar-refractivity contribution in [2.75, 3.05) is 45.8 Å². The number of nitrogens with zero attached hydrogens (tertiary/aromatic N) is 2. The predicted molar refractivity (Wildman–Crippen MR) is 94.5 cm³/mol. The van der Waals surface area contributed by atoms with Crippen LogP contribution in [0.5, 0.6) is 0 Å². The van der Waals surface area contributed by atoms with Gasteiger partial charge in [0.05, 0.1) is 0 Å². The van der Waals surface area contributed by atoms with Gasteiger partial charge in [-0.3, -0.25) is 0 Å². The number of benzene rings is 1. The van der Waals surface area contributed by atoms with E-state index in [1.165, 1.54) is 26.2 Å². The van der Waals surface area contributed by atoms with Gasteiger partial charge >= 0.3 is 6.03 Å². The average Bonchev–Trinajstić information content (AvgIpc) is 2.61. The van der Waals surface area contributed by atoms with E-state index < -0.39 is 0 Å². The van der Waals surface area contributed by atoms with Gasteiger partial charge in [0.1, 0.15) is 0 Å². The highest BCUT2D eigenvalue weighted by atomic mass is 16.2. The van der Waals surface area contributed by atoms with Gasteiger partial charge in [-0.2, -0.15) is 0 Å². The average molecular weight is 318 g/mol. The number of unbranched alkanes of at least 4 members (excludes halogenated alkanes) is 1. The van der Waals surface area contributed by atoms with Crippen LogP contribution >= 0.6 is 0 Å². The Balaban J connectivity index is 1.46. The smallest absolute Gasteiger partial charge is 0.315 e. The third-order valence-corrected chi connectivity index (χ3v) is 4.39. The number of hydrogen-bond acceptors (Lipinski definition) is 3. The van der Waals surface area contributed by atoms with Crippen LogP contribution in [0, 0.1) is 0 Å². The third-order valence-electron chi connectivity index (χ3n) is 4.39. The highest BCUT2D eigenvalue weighted by Gasteiger charge is 2.14. The number of carbonyl (C=O) groups excluding carboxylic acids is 1. The van der Waals surface area contributed by atoms with E-state index in [4.69, 9.17) is 0 Å². The molecule has 0 aromatic heterocycles. The highest BCUT2D eigenvalue weighted by Crippen LogP contribution is 2.03. The molecule has 1 aromatic carbocycles. The van der Waals surface area contributed by atoms with E-state index in [1.807, 2.05) is 30.3 Å². The van der Waals surface area contributed by atoms with Crippen molar-refractivity contribution in [1.82, 2.24) is 20.4 Å². The summed E-state index contributed by atoms with van der Waals surface area (Å²) in [5.74, 6) is 0. The Hall–Kier alpha value is -1.59. The zero-order valence-corrected chi connectivity index (χ0v) is 14.3. The first-order chi connectivity index (χ1) is 11.3. The summed E-state index contributed by atoms with van der Waals surface area (Å²) in [5, 5.41) is 5.81. The fourth-order valence-electron chi connectivity index (χ4n) is 2.83. The zero-order chi connectivity index (χ0) is 16.3. The molecule has 2 amide bonds. The molecule has 0 aliphatic carbocycles. The Morgan fingerprint density at radius 2 is 1.70 bits per heavy atom. The van der Waals surface area contributed by atoms with Gasteiger partial charge in [-0.1, -0.05) is 37.3 Å². The summed E-state index contributed by atoms with van der Waals surface area (Å²) in [7, 11) is 0. The molecule has 0 radical (unpaired) electrons. The van der Waals surface area contributed by atoms with E-state index in [0.29, 0.717) is 6.54 Å². The Kier molecular flexibility index (Phi) is 7.90. The van der Waals surface area contributed by atoms with Crippen LogP contribution in [0.3, 0.4) is 0 Å². The van der Waals surface area contributed by atoms with E-state index in [2.05, 4.69) is 27.4 Å². The number of amides is 2. The SMILES string of the molecule is CCN1CCN(CCCCNC(=O)NCc2ccccc2)CC1. The van der Waals surface area contributed by atoms with E-state index in [9.17, 15) is 4.79 Å². The van der Waals surface area contributed by atoms with Crippen molar-refractivity contribution in [1.29, 1.82) is 0 Å². The molecule has 23 heavy (non-hydrogen) atoms. The summed E-state index contributed by atoms with van der Waals surface area (Å²) in [4.78, 5) is 16.7. The number of likely N-dealkylation sites (N-methyl/N-ethyl adjacent to an activating group) is 1. The topological polar surface area (TPSA) is 47.6 Å². The Labute approximate surface area is 140 Å². The molecule has 128 valence electrons. The maximum absolute atomic E-state index is 11.7. The third kappa shape index (κ3) is 7.01. The number of urea groups is 1. The molecule has 1 aliphatic heterocycles. The van der Waals surface area contributed by atoms with Crippen LogP contribution in [0.25, 0.3) is 0 Å². The number of carbonyl (C=O) groups is 1. The molecule has 2 N–H and O–H groups in total. The minimum atomic E-state index is -0.0783. The lowest BCUT2D eigenvalue weighted by atomic mass is 10.2. The van der Waals surface area contributed by atoms with Gasteiger partial charge < -0.3 is 20.4 Å².